The average molecular weight is 444 g/mol. The van der Waals surface area contributed by atoms with Gasteiger partial charge in [-0.2, -0.15) is 13.2 Å². The van der Waals surface area contributed by atoms with E-state index in [9.17, 15) is 18.0 Å². The summed E-state index contributed by atoms with van der Waals surface area (Å²) in [6.07, 6.45) is -2.37. The molecule has 0 saturated carbocycles. The summed E-state index contributed by atoms with van der Waals surface area (Å²) in [5.74, 6) is 0.309. The largest absolute Gasteiger partial charge is 0.416 e. The molecule has 1 atom stereocenters. The van der Waals surface area contributed by atoms with Gasteiger partial charge in [0.05, 0.1) is 5.56 Å². The molecule has 2 heterocycles. The van der Waals surface area contributed by atoms with Gasteiger partial charge in [-0.25, -0.2) is 0 Å². The molecule has 2 aromatic carbocycles. The third kappa shape index (κ3) is 5.02. The van der Waals surface area contributed by atoms with Gasteiger partial charge in [0.1, 0.15) is 11.5 Å². The van der Waals surface area contributed by atoms with Crippen LogP contribution in [0.2, 0.25) is 0 Å². The molecule has 1 aromatic heterocycles. The summed E-state index contributed by atoms with van der Waals surface area (Å²) in [5.41, 5.74) is 0.600. The summed E-state index contributed by atoms with van der Waals surface area (Å²) in [4.78, 5) is 13.0. The third-order valence-corrected chi connectivity index (χ3v) is 5.59. The van der Waals surface area contributed by atoms with Gasteiger partial charge in [-0.15, -0.1) is 0 Å². The van der Waals surface area contributed by atoms with Crippen LogP contribution in [-0.2, 0) is 28.5 Å². The fourth-order valence-electron chi connectivity index (χ4n) is 3.86. The number of rotatable bonds is 7. The van der Waals surface area contributed by atoms with Gasteiger partial charge in [0, 0.05) is 31.2 Å². The lowest BCUT2D eigenvalue weighted by Gasteiger charge is -2.26. The molecule has 1 amide bonds. The van der Waals surface area contributed by atoms with Crippen LogP contribution in [0.1, 0.15) is 29.7 Å². The molecule has 1 saturated heterocycles. The number of hydrogen-bond acceptors (Lipinski definition) is 4. The van der Waals surface area contributed by atoms with Crippen LogP contribution in [0.5, 0.6) is 0 Å². The Bertz CT molecular complexity index is 1040. The van der Waals surface area contributed by atoms with Gasteiger partial charge >= 0.3 is 6.18 Å². The summed E-state index contributed by atoms with van der Waals surface area (Å²) in [6.45, 7) is 0.771. The minimum Gasteiger partial charge on any atom is -0.365 e. The highest BCUT2D eigenvalue weighted by Crippen LogP contribution is 2.32. The molecule has 0 radical (unpaired) electrons. The molecule has 1 aliphatic heterocycles. The second-order valence-electron chi connectivity index (χ2n) is 7.87. The van der Waals surface area contributed by atoms with E-state index in [1.54, 1.807) is 0 Å². The standard InChI is InChI=1S/C24H23F3N2O3/c25-24(26,27)19-9-7-17(8-10-19)11-13-28-22(30)23(12-4-14-31-23)16-20-15-21(29-32-20)18-5-2-1-3-6-18/h1-3,5-10,15H,4,11-14,16H2,(H,28,30). The van der Waals surface area contributed by atoms with Crippen molar-refractivity contribution in [3.05, 3.63) is 77.6 Å². The van der Waals surface area contributed by atoms with E-state index >= 15 is 0 Å². The first-order chi connectivity index (χ1) is 15.4. The third-order valence-electron chi connectivity index (χ3n) is 5.59. The molecule has 0 bridgehead atoms. The molecule has 0 aliphatic carbocycles. The SMILES string of the molecule is O=C(NCCc1ccc(C(F)(F)F)cc1)C1(Cc2cc(-c3ccccc3)no2)CCCO1. The van der Waals surface area contributed by atoms with E-state index in [4.69, 9.17) is 9.26 Å². The number of benzene rings is 2. The molecule has 5 nitrogen and oxygen atoms in total. The average Bonchev–Trinajstić information content (AvgIpc) is 3.45. The highest BCUT2D eigenvalue weighted by molar-refractivity contribution is 5.85. The van der Waals surface area contributed by atoms with Crippen LogP contribution in [0.4, 0.5) is 13.2 Å². The normalized spacial score (nSPS) is 18.6. The van der Waals surface area contributed by atoms with E-state index < -0.39 is 17.3 Å². The van der Waals surface area contributed by atoms with Crippen molar-refractivity contribution in [2.45, 2.75) is 37.5 Å². The first kappa shape index (κ1) is 22.1. The smallest absolute Gasteiger partial charge is 0.365 e. The van der Waals surface area contributed by atoms with Crippen molar-refractivity contribution in [3.8, 4) is 11.3 Å². The van der Waals surface area contributed by atoms with Crippen LogP contribution in [0.3, 0.4) is 0 Å². The number of carbonyl (C=O) groups is 1. The number of nitrogens with zero attached hydrogens (tertiary/aromatic N) is 1. The number of hydrogen-bond donors (Lipinski definition) is 1. The maximum absolute atomic E-state index is 13.0. The zero-order valence-electron chi connectivity index (χ0n) is 17.3. The van der Waals surface area contributed by atoms with Gasteiger partial charge < -0.3 is 14.6 Å². The predicted octanol–water partition coefficient (Wildman–Crippen LogP) is 4.81. The van der Waals surface area contributed by atoms with Gasteiger partial charge in [-0.05, 0) is 37.0 Å². The first-order valence-electron chi connectivity index (χ1n) is 10.5. The van der Waals surface area contributed by atoms with Crippen molar-refractivity contribution in [3.63, 3.8) is 0 Å². The Balaban J connectivity index is 1.37. The summed E-state index contributed by atoms with van der Waals surface area (Å²) in [6, 6.07) is 16.4. The fraction of sp³-hybridized carbons (Fsp3) is 0.333. The Kier molecular flexibility index (Phi) is 6.32. The molecule has 1 fully saturated rings. The van der Waals surface area contributed by atoms with Crippen molar-refractivity contribution in [2.75, 3.05) is 13.2 Å². The fourth-order valence-corrected chi connectivity index (χ4v) is 3.86. The highest BCUT2D eigenvalue weighted by Gasteiger charge is 2.43. The van der Waals surface area contributed by atoms with E-state index in [0.29, 0.717) is 43.0 Å². The lowest BCUT2D eigenvalue weighted by molar-refractivity contribution is -0.141. The Hall–Kier alpha value is -3.13. The van der Waals surface area contributed by atoms with E-state index in [1.807, 2.05) is 36.4 Å². The Morgan fingerprint density at radius 2 is 1.84 bits per heavy atom. The van der Waals surface area contributed by atoms with Gasteiger partial charge in [-0.3, -0.25) is 4.79 Å². The molecule has 0 spiro atoms. The van der Waals surface area contributed by atoms with Gasteiger partial charge in [0.15, 0.2) is 5.60 Å². The van der Waals surface area contributed by atoms with Crippen molar-refractivity contribution < 1.29 is 27.2 Å². The number of aromatic nitrogens is 1. The predicted molar refractivity (Wildman–Crippen MR) is 112 cm³/mol. The minimum atomic E-state index is -4.36. The Morgan fingerprint density at radius 3 is 2.50 bits per heavy atom. The number of halogens is 3. The lowest BCUT2D eigenvalue weighted by atomic mass is 9.93. The molecule has 1 aliphatic rings. The molecule has 8 heteroatoms. The number of alkyl halides is 3. The first-order valence-corrected chi connectivity index (χ1v) is 10.5. The van der Waals surface area contributed by atoms with Crippen LogP contribution >= 0.6 is 0 Å². The zero-order chi connectivity index (χ0) is 22.6. The lowest BCUT2D eigenvalue weighted by Crippen LogP contribution is -2.48. The molecule has 1 unspecified atom stereocenters. The monoisotopic (exact) mass is 444 g/mol. The maximum Gasteiger partial charge on any atom is 0.416 e. The van der Waals surface area contributed by atoms with E-state index in [2.05, 4.69) is 10.5 Å². The van der Waals surface area contributed by atoms with E-state index in [-0.39, 0.29) is 12.3 Å². The van der Waals surface area contributed by atoms with Crippen LogP contribution in [0.15, 0.2) is 65.2 Å². The molecular weight excluding hydrogens is 421 g/mol. The van der Waals surface area contributed by atoms with Crippen molar-refractivity contribution >= 4 is 5.91 Å². The topological polar surface area (TPSA) is 64.4 Å². The summed E-state index contributed by atoms with van der Waals surface area (Å²) in [5, 5.41) is 6.97. The van der Waals surface area contributed by atoms with E-state index in [1.165, 1.54) is 12.1 Å². The molecule has 4 rings (SSSR count). The molecular formula is C24H23F3N2O3. The number of amides is 1. The summed E-state index contributed by atoms with van der Waals surface area (Å²) >= 11 is 0. The van der Waals surface area contributed by atoms with Crippen molar-refractivity contribution in [1.29, 1.82) is 0 Å². The molecule has 1 N–H and O–H groups in total. The van der Waals surface area contributed by atoms with Crippen LogP contribution in [-0.4, -0.2) is 29.8 Å². The quantitative estimate of drug-likeness (QED) is 0.568. The number of carbonyl (C=O) groups excluding carboxylic acids is 1. The van der Waals surface area contributed by atoms with Gasteiger partial charge in [-0.1, -0.05) is 47.6 Å². The Labute approximate surface area is 183 Å². The second-order valence-corrected chi connectivity index (χ2v) is 7.87. The molecule has 3 aromatic rings. The van der Waals surface area contributed by atoms with Crippen LogP contribution in [0.25, 0.3) is 11.3 Å². The second kappa shape index (κ2) is 9.16. The maximum atomic E-state index is 13.0. The van der Waals surface area contributed by atoms with Gasteiger partial charge in [0.2, 0.25) is 0 Å². The molecule has 168 valence electrons. The number of ether oxygens (including phenoxy) is 1. The van der Waals surface area contributed by atoms with Crippen molar-refractivity contribution in [2.24, 2.45) is 0 Å². The minimum absolute atomic E-state index is 0.250. The van der Waals surface area contributed by atoms with Crippen molar-refractivity contribution in [1.82, 2.24) is 10.5 Å². The summed E-state index contributed by atoms with van der Waals surface area (Å²) < 4.78 is 49.4. The van der Waals surface area contributed by atoms with Crippen LogP contribution in [0, 0.1) is 0 Å². The molecule has 32 heavy (non-hydrogen) atoms. The zero-order valence-corrected chi connectivity index (χ0v) is 17.3. The Morgan fingerprint density at radius 1 is 1.09 bits per heavy atom. The van der Waals surface area contributed by atoms with Gasteiger partial charge in [0.25, 0.3) is 5.91 Å². The number of nitrogens with one attached hydrogen (secondary N) is 1. The highest BCUT2D eigenvalue weighted by atomic mass is 19.4. The van der Waals surface area contributed by atoms with Crippen LogP contribution < -0.4 is 5.32 Å². The summed E-state index contributed by atoms with van der Waals surface area (Å²) in [7, 11) is 0. The van der Waals surface area contributed by atoms with E-state index in [0.717, 1.165) is 24.1 Å².